The Kier molecular flexibility index (Phi) is 5.60. The Hall–Kier alpha value is -2.47. The number of hydrogen-bond donors (Lipinski definition) is 2. The normalized spacial score (nSPS) is 16.8. The lowest BCUT2D eigenvalue weighted by Gasteiger charge is -2.13. The maximum Gasteiger partial charge on any atom is 0.275 e. The second kappa shape index (κ2) is 8.07. The number of carbonyl (C=O) groups excluding carboxylic acids is 1. The number of rotatable bonds is 6. The van der Waals surface area contributed by atoms with Crippen molar-refractivity contribution < 1.29 is 9.53 Å². The zero-order chi connectivity index (χ0) is 17.6. The molecule has 2 N–H and O–H groups in total. The summed E-state index contributed by atoms with van der Waals surface area (Å²) in [5, 5.41) is 6.12. The van der Waals surface area contributed by atoms with Crippen LogP contribution in [0.5, 0.6) is 0 Å². The fourth-order valence-corrected chi connectivity index (χ4v) is 2.86. The van der Waals surface area contributed by atoms with Crippen LogP contribution < -0.4 is 10.6 Å². The molecule has 2 aromatic rings. The highest BCUT2D eigenvalue weighted by Crippen LogP contribution is 2.24. The van der Waals surface area contributed by atoms with E-state index in [9.17, 15) is 4.79 Å². The fraction of sp³-hybridized carbons (Fsp3) is 0.421. The molecule has 1 saturated heterocycles. The van der Waals surface area contributed by atoms with E-state index in [1.807, 2.05) is 24.3 Å². The number of ether oxygens (including phenoxy) is 1. The monoisotopic (exact) mass is 340 g/mol. The Morgan fingerprint density at radius 1 is 1.28 bits per heavy atom. The summed E-state index contributed by atoms with van der Waals surface area (Å²) in [6.07, 6.45) is 5.48. The van der Waals surface area contributed by atoms with Crippen molar-refractivity contribution in [1.82, 2.24) is 9.97 Å². The van der Waals surface area contributed by atoms with Crippen LogP contribution in [-0.2, 0) is 4.74 Å². The van der Waals surface area contributed by atoms with Gasteiger partial charge in [-0.05, 0) is 30.4 Å². The van der Waals surface area contributed by atoms with Crippen LogP contribution in [0.4, 0.5) is 11.5 Å². The quantitative estimate of drug-likeness (QED) is 0.842. The van der Waals surface area contributed by atoms with E-state index in [4.69, 9.17) is 4.74 Å². The first-order valence-electron chi connectivity index (χ1n) is 8.71. The summed E-state index contributed by atoms with van der Waals surface area (Å²) >= 11 is 0. The molecule has 0 saturated carbocycles. The number of amides is 1. The van der Waals surface area contributed by atoms with Gasteiger partial charge in [0.1, 0.15) is 11.5 Å². The summed E-state index contributed by atoms with van der Waals surface area (Å²) in [5.74, 6) is 0.716. The van der Waals surface area contributed by atoms with Gasteiger partial charge in [0.15, 0.2) is 0 Å². The molecule has 1 atom stereocenters. The summed E-state index contributed by atoms with van der Waals surface area (Å²) in [4.78, 5) is 20.9. The number of anilines is 2. The summed E-state index contributed by atoms with van der Waals surface area (Å²) in [6, 6.07) is 7.80. The van der Waals surface area contributed by atoms with E-state index in [1.165, 1.54) is 6.20 Å². The maximum absolute atomic E-state index is 12.4. The molecule has 0 radical (unpaired) electrons. The zero-order valence-electron chi connectivity index (χ0n) is 14.7. The predicted molar refractivity (Wildman–Crippen MR) is 98.0 cm³/mol. The molecule has 132 valence electrons. The fourth-order valence-electron chi connectivity index (χ4n) is 2.86. The minimum Gasteiger partial charge on any atom is -0.376 e. The SMILES string of the molecule is CC(C)c1ccccc1NC(=O)c1cnc(NCC2CCCO2)cn1. The molecule has 6 nitrogen and oxygen atoms in total. The van der Waals surface area contributed by atoms with Gasteiger partial charge in [-0.2, -0.15) is 0 Å². The van der Waals surface area contributed by atoms with Crippen LogP contribution in [0.25, 0.3) is 0 Å². The zero-order valence-corrected chi connectivity index (χ0v) is 14.7. The minimum atomic E-state index is -0.258. The van der Waals surface area contributed by atoms with Crippen molar-refractivity contribution in [3.8, 4) is 0 Å². The molecule has 0 aliphatic carbocycles. The van der Waals surface area contributed by atoms with Gasteiger partial charge >= 0.3 is 0 Å². The van der Waals surface area contributed by atoms with Crippen LogP contribution in [0.3, 0.4) is 0 Å². The number of nitrogens with one attached hydrogen (secondary N) is 2. The first-order chi connectivity index (χ1) is 12.1. The molecule has 0 bridgehead atoms. The summed E-state index contributed by atoms with van der Waals surface area (Å²) in [7, 11) is 0. The van der Waals surface area contributed by atoms with Gasteiger partial charge in [0.2, 0.25) is 0 Å². The number of aromatic nitrogens is 2. The Morgan fingerprint density at radius 2 is 2.12 bits per heavy atom. The van der Waals surface area contributed by atoms with Crippen LogP contribution in [0, 0.1) is 0 Å². The molecule has 6 heteroatoms. The topological polar surface area (TPSA) is 76.1 Å². The van der Waals surface area contributed by atoms with Crippen LogP contribution in [-0.4, -0.2) is 35.1 Å². The molecule has 1 aliphatic heterocycles. The minimum absolute atomic E-state index is 0.234. The van der Waals surface area contributed by atoms with E-state index < -0.39 is 0 Å². The van der Waals surface area contributed by atoms with Crippen molar-refractivity contribution in [2.24, 2.45) is 0 Å². The Labute approximate surface area is 148 Å². The average Bonchev–Trinajstić information content (AvgIpc) is 3.14. The van der Waals surface area contributed by atoms with Gasteiger partial charge in [-0.1, -0.05) is 32.0 Å². The molecule has 0 spiro atoms. The molecular weight excluding hydrogens is 316 g/mol. The smallest absolute Gasteiger partial charge is 0.275 e. The van der Waals surface area contributed by atoms with Gasteiger partial charge in [0, 0.05) is 18.8 Å². The van der Waals surface area contributed by atoms with E-state index in [0.29, 0.717) is 24.0 Å². The van der Waals surface area contributed by atoms with Gasteiger partial charge in [-0.25, -0.2) is 9.97 Å². The molecule has 1 aromatic heterocycles. The molecule has 1 amide bonds. The van der Waals surface area contributed by atoms with Crippen LogP contribution in [0.2, 0.25) is 0 Å². The van der Waals surface area contributed by atoms with Crippen LogP contribution >= 0.6 is 0 Å². The van der Waals surface area contributed by atoms with E-state index >= 15 is 0 Å². The highest BCUT2D eigenvalue weighted by Gasteiger charge is 2.16. The summed E-state index contributed by atoms with van der Waals surface area (Å²) in [6.45, 7) is 5.73. The van der Waals surface area contributed by atoms with E-state index in [2.05, 4.69) is 34.4 Å². The number of hydrogen-bond acceptors (Lipinski definition) is 5. The van der Waals surface area contributed by atoms with Crippen molar-refractivity contribution in [2.45, 2.75) is 38.7 Å². The van der Waals surface area contributed by atoms with E-state index in [0.717, 1.165) is 30.7 Å². The lowest BCUT2D eigenvalue weighted by Crippen LogP contribution is -2.20. The van der Waals surface area contributed by atoms with Gasteiger partial charge in [-0.3, -0.25) is 4.79 Å². The number of nitrogens with zero attached hydrogens (tertiary/aromatic N) is 2. The molecule has 3 rings (SSSR count). The first-order valence-corrected chi connectivity index (χ1v) is 8.71. The second-order valence-corrected chi connectivity index (χ2v) is 6.50. The maximum atomic E-state index is 12.4. The Bertz CT molecular complexity index is 710. The molecule has 25 heavy (non-hydrogen) atoms. The molecule has 1 fully saturated rings. The van der Waals surface area contributed by atoms with Crippen molar-refractivity contribution >= 4 is 17.4 Å². The van der Waals surface area contributed by atoms with E-state index in [1.54, 1.807) is 6.20 Å². The van der Waals surface area contributed by atoms with Crippen molar-refractivity contribution in [2.75, 3.05) is 23.8 Å². The van der Waals surface area contributed by atoms with Gasteiger partial charge in [-0.15, -0.1) is 0 Å². The Morgan fingerprint density at radius 3 is 2.80 bits per heavy atom. The third-order valence-corrected chi connectivity index (χ3v) is 4.25. The second-order valence-electron chi connectivity index (χ2n) is 6.50. The average molecular weight is 340 g/mol. The largest absolute Gasteiger partial charge is 0.376 e. The lowest BCUT2D eigenvalue weighted by molar-refractivity contribution is 0.102. The van der Waals surface area contributed by atoms with Gasteiger partial charge < -0.3 is 15.4 Å². The number of carbonyl (C=O) groups is 1. The molecule has 2 heterocycles. The highest BCUT2D eigenvalue weighted by atomic mass is 16.5. The standard InChI is InChI=1S/C19H24N4O2/c1-13(2)15-7-3-4-8-16(15)23-19(24)17-11-22-18(12-20-17)21-10-14-6-5-9-25-14/h3-4,7-8,11-14H,5-6,9-10H2,1-2H3,(H,21,22)(H,23,24). The Balaban J connectivity index is 1.61. The van der Waals surface area contributed by atoms with Crippen LogP contribution in [0.15, 0.2) is 36.7 Å². The molecule has 1 aromatic carbocycles. The van der Waals surface area contributed by atoms with Gasteiger partial charge in [0.25, 0.3) is 5.91 Å². The van der Waals surface area contributed by atoms with Crippen LogP contribution in [0.1, 0.15) is 48.7 Å². The third kappa shape index (κ3) is 4.54. The third-order valence-electron chi connectivity index (χ3n) is 4.25. The van der Waals surface area contributed by atoms with Crippen molar-refractivity contribution in [3.05, 3.63) is 47.9 Å². The highest BCUT2D eigenvalue weighted by molar-refractivity contribution is 6.03. The summed E-state index contributed by atoms with van der Waals surface area (Å²) < 4.78 is 5.56. The first kappa shape index (κ1) is 17.4. The molecule has 1 aliphatic rings. The number of para-hydroxylation sites is 1. The lowest BCUT2D eigenvalue weighted by atomic mass is 10.0. The van der Waals surface area contributed by atoms with Gasteiger partial charge in [0.05, 0.1) is 18.5 Å². The molecular formula is C19H24N4O2. The molecule has 1 unspecified atom stereocenters. The van der Waals surface area contributed by atoms with Crippen molar-refractivity contribution in [3.63, 3.8) is 0 Å². The van der Waals surface area contributed by atoms with Crippen molar-refractivity contribution in [1.29, 1.82) is 0 Å². The summed E-state index contributed by atoms with van der Waals surface area (Å²) in [5.41, 5.74) is 2.20. The van der Waals surface area contributed by atoms with E-state index in [-0.39, 0.29) is 12.0 Å². The number of benzene rings is 1. The predicted octanol–water partition coefficient (Wildman–Crippen LogP) is 3.44.